The second kappa shape index (κ2) is 6.41. The van der Waals surface area contributed by atoms with Crippen LogP contribution in [0.1, 0.15) is 11.1 Å². The predicted molar refractivity (Wildman–Crippen MR) is 84.3 cm³/mol. The fourth-order valence-corrected chi connectivity index (χ4v) is 2.66. The van der Waals surface area contributed by atoms with Crippen LogP contribution in [0.4, 0.5) is 9.18 Å². The first kappa shape index (κ1) is 16.1. The number of imide groups is 2. The second-order valence-electron chi connectivity index (χ2n) is 5.25. The third kappa shape index (κ3) is 2.88. The summed E-state index contributed by atoms with van der Waals surface area (Å²) in [5.74, 6) is -2.57. The van der Waals surface area contributed by atoms with Gasteiger partial charge in [-0.3, -0.25) is 19.4 Å². The summed E-state index contributed by atoms with van der Waals surface area (Å²) in [5, 5.41) is 0.0876. The Morgan fingerprint density at radius 2 is 1.46 bits per heavy atom. The van der Waals surface area contributed by atoms with Crippen molar-refractivity contribution in [1.29, 1.82) is 0 Å². The summed E-state index contributed by atoms with van der Waals surface area (Å²) < 4.78 is 13.9. The molecule has 1 aliphatic rings. The maximum Gasteiger partial charge on any atom is 0.334 e. The highest BCUT2D eigenvalue weighted by atomic mass is 35.5. The van der Waals surface area contributed by atoms with Crippen LogP contribution in [0.2, 0.25) is 5.02 Å². The van der Waals surface area contributed by atoms with E-state index in [4.69, 9.17) is 11.6 Å². The van der Waals surface area contributed by atoms with Crippen LogP contribution in [0.25, 0.3) is 0 Å². The lowest BCUT2D eigenvalue weighted by molar-refractivity contribution is -0.143. The molecule has 1 fully saturated rings. The number of carbonyl (C=O) groups excluding carboxylic acids is 3. The highest BCUT2D eigenvalue weighted by Gasteiger charge is 2.44. The average molecular weight is 347 g/mol. The summed E-state index contributed by atoms with van der Waals surface area (Å²) in [6, 6.07) is 12.1. The summed E-state index contributed by atoms with van der Waals surface area (Å²) >= 11 is 5.92. The topological polar surface area (TPSA) is 57.7 Å². The summed E-state index contributed by atoms with van der Waals surface area (Å²) in [6.45, 7) is -0.411. The molecule has 0 spiro atoms. The van der Waals surface area contributed by atoms with Crippen LogP contribution in [0.15, 0.2) is 48.5 Å². The lowest BCUT2D eigenvalue weighted by Gasteiger charge is -2.16. The first-order valence-corrected chi connectivity index (χ1v) is 7.51. The maximum atomic E-state index is 13.9. The molecule has 1 heterocycles. The van der Waals surface area contributed by atoms with Gasteiger partial charge >= 0.3 is 17.8 Å². The van der Waals surface area contributed by atoms with Crippen LogP contribution in [0.3, 0.4) is 0 Å². The van der Waals surface area contributed by atoms with Crippen LogP contribution < -0.4 is 0 Å². The molecular weight excluding hydrogens is 335 g/mol. The van der Waals surface area contributed by atoms with Crippen molar-refractivity contribution in [2.45, 2.75) is 13.1 Å². The molecule has 0 unspecified atom stereocenters. The van der Waals surface area contributed by atoms with E-state index in [-0.39, 0.29) is 23.7 Å². The lowest BCUT2D eigenvalue weighted by Crippen LogP contribution is -2.33. The third-order valence-electron chi connectivity index (χ3n) is 3.70. The molecule has 0 aromatic heterocycles. The number of benzene rings is 2. The van der Waals surface area contributed by atoms with E-state index in [0.29, 0.717) is 10.5 Å². The molecule has 7 heteroatoms. The minimum Gasteiger partial charge on any atom is -0.263 e. The van der Waals surface area contributed by atoms with Crippen molar-refractivity contribution in [3.63, 3.8) is 0 Å². The largest absolute Gasteiger partial charge is 0.334 e. The highest BCUT2D eigenvalue weighted by molar-refractivity contribution is 6.44. The minimum atomic E-state index is -0.991. The van der Waals surface area contributed by atoms with Crippen molar-refractivity contribution in [2.75, 3.05) is 0 Å². The van der Waals surface area contributed by atoms with Crippen molar-refractivity contribution >= 4 is 29.4 Å². The second-order valence-corrected chi connectivity index (χ2v) is 5.66. The Morgan fingerprint density at radius 3 is 2.08 bits per heavy atom. The van der Waals surface area contributed by atoms with E-state index in [2.05, 4.69) is 0 Å². The van der Waals surface area contributed by atoms with Crippen LogP contribution >= 0.6 is 11.6 Å². The van der Waals surface area contributed by atoms with Gasteiger partial charge in [0.05, 0.1) is 13.1 Å². The minimum absolute atomic E-state index is 0.00442. The molecular formula is C17H12ClFN2O3. The van der Waals surface area contributed by atoms with Crippen molar-refractivity contribution in [3.8, 4) is 0 Å². The molecule has 0 radical (unpaired) electrons. The molecule has 0 saturated carbocycles. The molecule has 24 heavy (non-hydrogen) atoms. The standard InChI is InChI=1S/C17H12ClFN2O3/c18-13-7-4-8-14(19)12(13)10-21-16(23)15(22)20(17(21)24)9-11-5-2-1-3-6-11/h1-8H,9-10H2. The van der Waals surface area contributed by atoms with Gasteiger partial charge in [-0.2, -0.15) is 0 Å². The molecule has 2 aromatic carbocycles. The van der Waals surface area contributed by atoms with Gasteiger partial charge in [0, 0.05) is 10.6 Å². The van der Waals surface area contributed by atoms with E-state index in [0.717, 1.165) is 4.90 Å². The monoisotopic (exact) mass is 346 g/mol. The predicted octanol–water partition coefficient (Wildman–Crippen LogP) is 2.97. The number of urea groups is 1. The number of hydrogen-bond acceptors (Lipinski definition) is 3. The molecule has 0 bridgehead atoms. The van der Waals surface area contributed by atoms with Crippen molar-refractivity contribution in [3.05, 3.63) is 70.5 Å². The van der Waals surface area contributed by atoms with Gasteiger partial charge in [-0.25, -0.2) is 9.18 Å². The third-order valence-corrected chi connectivity index (χ3v) is 4.05. The Morgan fingerprint density at radius 1 is 0.833 bits per heavy atom. The van der Waals surface area contributed by atoms with Crippen LogP contribution in [0.5, 0.6) is 0 Å². The molecule has 0 N–H and O–H groups in total. The SMILES string of the molecule is O=C1C(=O)N(Cc2c(F)cccc2Cl)C(=O)N1Cc1ccccc1. The van der Waals surface area contributed by atoms with Crippen molar-refractivity contribution < 1.29 is 18.8 Å². The molecule has 4 amide bonds. The number of hydrogen-bond donors (Lipinski definition) is 0. The molecule has 5 nitrogen and oxygen atoms in total. The maximum absolute atomic E-state index is 13.9. The molecule has 3 rings (SSSR count). The first-order chi connectivity index (χ1) is 11.5. The Kier molecular flexibility index (Phi) is 4.31. The van der Waals surface area contributed by atoms with Gasteiger partial charge in [0.15, 0.2) is 0 Å². The van der Waals surface area contributed by atoms with Gasteiger partial charge in [0.1, 0.15) is 5.82 Å². The molecule has 1 aliphatic heterocycles. The van der Waals surface area contributed by atoms with Gasteiger partial charge in [-0.05, 0) is 17.7 Å². The molecule has 0 atom stereocenters. The number of rotatable bonds is 4. The number of carbonyl (C=O) groups is 3. The van der Waals surface area contributed by atoms with Gasteiger partial charge < -0.3 is 0 Å². The van der Waals surface area contributed by atoms with Gasteiger partial charge in [0.25, 0.3) is 0 Å². The Bertz CT molecular complexity index is 806. The van der Waals surface area contributed by atoms with E-state index in [1.165, 1.54) is 18.2 Å². The highest BCUT2D eigenvalue weighted by Crippen LogP contribution is 2.24. The van der Waals surface area contributed by atoms with Crippen molar-refractivity contribution in [2.24, 2.45) is 0 Å². The van der Waals surface area contributed by atoms with E-state index in [9.17, 15) is 18.8 Å². The summed E-state index contributed by atoms with van der Waals surface area (Å²) in [7, 11) is 0. The summed E-state index contributed by atoms with van der Waals surface area (Å²) in [4.78, 5) is 38.1. The van der Waals surface area contributed by atoms with Gasteiger partial charge in [-0.15, -0.1) is 0 Å². The molecule has 1 saturated heterocycles. The fraction of sp³-hybridized carbons (Fsp3) is 0.118. The van der Waals surface area contributed by atoms with Gasteiger partial charge in [0.2, 0.25) is 0 Å². The zero-order valence-corrected chi connectivity index (χ0v) is 13.2. The fourth-order valence-electron chi connectivity index (χ4n) is 2.44. The zero-order chi connectivity index (χ0) is 17.3. The van der Waals surface area contributed by atoms with Gasteiger partial charge in [-0.1, -0.05) is 48.0 Å². The number of halogens is 2. The molecule has 0 aliphatic carbocycles. The Hall–Kier alpha value is -2.73. The van der Waals surface area contributed by atoms with Crippen LogP contribution in [0, 0.1) is 5.82 Å². The van der Waals surface area contributed by atoms with E-state index in [1.54, 1.807) is 30.3 Å². The van der Waals surface area contributed by atoms with E-state index < -0.39 is 23.7 Å². The smallest absolute Gasteiger partial charge is 0.263 e. The van der Waals surface area contributed by atoms with E-state index in [1.807, 2.05) is 0 Å². The molecule has 122 valence electrons. The normalized spacial score (nSPS) is 14.7. The first-order valence-electron chi connectivity index (χ1n) is 7.13. The summed E-state index contributed by atoms with van der Waals surface area (Å²) in [5.41, 5.74) is 0.702. The van der Waals surface area contributed by atoms with Crippen LogP contribution in [-0.4, -0.2) is 27.6 Å². The quantitative estimate of drug-likeness (QED) is 0.631. The Balaban J connectivity index is 1.84. The average Bonchev–Trinajstić information content (AvgIpc) is 2.76. The number of amides is 4. The Labute approximate surface area is 142 Å². The zero-order valence-electron chi connectivity index (χ0n) is 12.4. The number of nitrogens with zero attached hydrogens (tertiary/aromatic N) is 2. The summed E-state index contributed by atoms with van der Waals surface area (Å²) in [6.07, 6.45) is 0. The van der Waals surface area contributed by atoms with Crippen LogP contribution in [-0.2, 0) is 22.7 Å². The lowest BCUT2D eigenvalue weighted by atomic mass is 10.2. The van der Waals surface area contributed by atoms with Crippen molar-refractivity contribution in [1.82, 2.24) is 9.80 Å². The molecule has 2 aromatic rings. The van der Waals surface area contributed by atoms with E-state index >= 15 is 0 Å².